The highest BCUT2D eigenvalue weighted by Gasteiger charge is 2.19. The first-order valence-electron chi connectivity index (χ1n) is 7.32. The van der Waals surface area contributed by atoms with Gasteiger partial charge in [-0.1, -0.05) is 46.2 Å². The number of hydrogen-bond acceptors (Lipinski definition) is 4. The van der Waals surface area contributed by atoms with Crippen LogP contribution in [-0.4, -0.2) is 21.3 Å². The number of nitrogens with two attached hydrogens (primary N) is 1. The number of hydrogen-bond donors (Lipinski definition) is 1. The summed E-state index contributed by atoms with van der Waals surface area (Å²) in [6.45, 7) is 1.61. The largest absolute Gasteiger partial charge is 0.329 e. The lowest BCUT2D eigenvalue weighted by atomic mass is 10.1. The van der Waals surface area contributed by atoms with Crippen LogP contribution < -0.4 is 5.73 Å². The molecule has 1 unspecified atom stereocenters. The maximum Gasteiger partial charge on any atom is 0.191 e. The van der Waals surface area contributed by atoms with E-state index in [0.29, 0.717) is 6.54 Å². The molecule has 6 heteroatoms. The zero-order chi connectivity index (χ0) is 14.7. The van der Waals surface area contributed by atoms with Crippen LogP contribution in [0.4, 0.5) is 0 Å². The van der Waals surface area contributed by atoms with Crippen molar-refractivity contribution >= 4 is 27.7 Å². The molecule has 0 saturated heterocycles. The van der Waals surface area contributed by atoms with Gasteiger partial charge in [-0.05, 0) is 30.5 Å². The third-order valence-corrected chi connectivity index (χ3v) is 5.51. The molecule has 3 rings (SSSR count). The van der Waals surface area contributed by atoms with E-state index >= 15 is 0 Å². The molecule has 0 spiro atoms. The molecule has 1 atom stereocenters. The van der Waals surface area contributed by atoms with Crippen molar-refractivity contribution in [3.8, 4) is 0 Å². The maximum atomic E-state index is 5.98. The molecule has 2 aromatic rings. The molecule has 1 aliphatic rings. The Hall–Kier alpha value is -0.850. The minimum Gasteiger partial charge on any atom is -0.329 e. The molecule has 0 aliphatic carbocycles. The molecule has 0 bridgehead atoms. The standard InChI is InChI=1S/C15H19BrN4S/c16-12-6-4-5-11(9-12)13(10-17)21-15-19-18-14-7-2-1-3-8-20(14)15/h4-6,9,13H,1-3,7-8,10,17H2. The van der Waals surface area contributed by atoms with Crippen LogP contribution in [0.15, 0.2) is 33.9 Å². The Bertz CT molecular complexity index is 613. The fourth-order valence-corrected chi connectivity index (χ4v) is 4.09. The summed E-state index contributed by atoms with van der Waals surface area (Å²) in [7, 11) is 0. The van der Waals surface area contributed by atoms with Gasteiger partial charge in [-0.2, -0.15) is 0 Å². The molecule has 21 heavy (non-hydrogen) atoms. The van der Waals surface area contributed by atoms with Gasteiger partial charge in [-0.25, -0.2) is 0 Å². The average Bonchev–Trinajstić information content (AvgIpc) is 2.71. The predicted octanol–water partition coefficient (Wildman–Crippen LogP) is 3.56. The van der Waals surface area contributed by atoms with Crippen molar-refractivity contribution in [2.45, 2.75) is 42.6 Å². The van der Waals surface area contributed by atoms with Gasteiger partial charge < -0.3 is 10.3 Å². The van der Waals surface area contributed by atoms with Gasteiger partial charge in [0.05, 0.1) is 0 Å². The van der Waals surface area contributed by atoms with Crippen LogP contribution in [0.5, 0.6) is 0 Å². The van der Waals surface area contributed by atoms with Gasteiger partial charge in [-0.15, -0.1) is 10.2 Å². The molecule has 1 aromatic carbocycles. The molecule has 2 N–H and O–H groups in total. The zero-order valence-corrected chi connectivity index (χ0v) is 14.2. The van der Waals surface area contributed by atoms with Crippen molar-refractivity contribution in [2.75, 3.05) is 6.54 Å². The minimum atomic E-state index is 0.207. The summed E-state index contributed by atoms with van der Waals surface area (Å²) >= 11 is 5.25. The highest BCUT2D eigenvalue weighted by atomic mass is 79.9. The first-order valence-corrected chi connectivity index (χ1v) is 8.99. The van der Waals surface area contributed by atoms with E-state index in [2.05, 4.69) is 42.8 Å². The number of fused-ring (bicyclic) bond motifs is 1. The van der Waals surface area contributed by atoms with Crippen LogP contribution in [0.2, 0.25) is 0 Å². The summed E-state index contributed by atoms with van der Waals surface area (Å²) in [6.07, 6.45) is 4.74. The van der Waals surface area contributed by atoms with Crippen molar-refractivity contribution in [3.63, 3.8) is 0 Å². The summed E-state index contributed by atoms with van der Waals surface area (Å²) in [5.74, 6) is 1.13. The molecule has 1 aliphatic heterocycles. The molecular formula is C15H19BrN4S. The van der Waals surface area contributed by atoms with E-state index in [1.54, 1.807) is 11.8 Å². The lowest BCUT2D eigenvalue weighted by molar-refractivity contribution is 0.590. The van der Waals surface area contributed by atoms with Crippen LogP contribution in [0.1, 0.15) is 35.9 Å². The first kappa shape index (κ1) is 15.1. The van der Waals surface area contributed by atoms with Gasteiger partial charge in [0, 0.05) is 29.2 Å². The molecule has 1 aromatic heterocycles. The quantitative estimate of drug-likeness (QED) is 0.840. The van der Waals surface area contributed by atoms with Crippen LogP contribution in [0, 0.1) is 0 Å². The Morgan fingerprint density at radius 2 is 2.19 bits per heavy atom. The second kappa shape index (κ2) is 6.94. The van der Waals surface area contributed by atoms with E-state index in [-0.39, 0.29) is 5.25 Å². The van der Waals surface area contributed by atoms with Gasteiger partial charge in [0.1, 0.15) is 5.82 Å². The van der Waals surface area contributed by atoms with Crippen molar-refractivity contribution in [1.29, 1.82) is 0 Å². The Balaban J connectivity index is 1.83. The van der Waals surface area contributed by atoms with Gasteiger partial charge in [0.15, 0.2) is 5.16 Å². The molecule has 0 fully saturated rings. The number of thioether (sulfide) groups is 1. The monoisotopic (exact) mass is 366 g/mol. The average molecular weight is 367 g/mol. The fraction of sp³-hybridized carbons (Fsp3) is 0.467. The van der Waals surface area contributed by atoms with Gasteiger partial charge in [0.2, 0.25) is 0 Å². The van der Waals surface area contributed by atoms with Gasteiger partial charge >= 0.3 is 0 Å². The Labute approximate surface area is 137 Å². The van der Waals surface area contributed by atoms with Crippen LogP contribution in [0.25, 0.3) is 0 Å². The summed E-state index contributed by atoms with van der Waals surface area (Å²) in [6, 6.07) is 8.33. The number of halogens is 1. The third-order valence-electron chi connectivity index (χ3n) is 3.76. The molecule has 0 amide bonds. The minimum absolute atomic E-state index is 0.207. The van der Waals surface area contributed by atoms with Crippen LogP contribution in [-0.2, 0) is 13.0 Å². The number of aromatic nitrogens is 3. The lowest BCUT2D eigenvalue weighted by Gasteiger charge is -2.15. The highest BCUT2D eigenvalue weighted by molar-refractivity contribution is 9.10. The molecule has 0 radical (unpaired) electrons. The molecule has 4 nitrogen and oxygen atoms in total. The van der Waals surface area contributed by atoms with E-state index in [1.165, 1.54) is 24.8 Å². The summed E-state index contributed by atoms with van der Waals surface area (Å²) in [5, 5.41) is 9.95. The second-order valence-electron chi connectivity index (χ2n) is 5.26. The normalized spacial score (nSPS) is 16.3. The smallest absolute Gasteiger partial charge is 0.191 e. The molecule has 112 valence electrons. The lowest BCUT2D eigenvalue weighted by Crippen LogP contribution is -2.11. The van der Waals surface area contributed by atoms with Crippen LogP contribution >= 0.6 is 27.7 Å². The fourth-order valence-electron chi connectivity index (χ4n) is 2.63. The topological polar surface area (TPSA) is 56.7 Å². The summed E-state index contributed by atoms with van der Waals surface area (Å²) in [5.41, 5.74) is 7.21. The van der Waals surface area contributed by atoms with Crippen LogP contribution in [0.3, 0.4) is 0 Å². The van der Waals surface area contributed by atoms with Gasteiger partial charge in [0.25, 0.3) is 0 Å². The van der Waals surface area contributed by atoms with E-state index in [4.69, 9.17) is 5.73 Å². The second-order valence-corrected chi connectivity index (χ2v) is 7.34. The maximum absolute atomic E-state index is 5.98. The van der Waals surface area contributed by atoms with Crippen molar-refractivity contribution in [1.82, 2.24) is 14.8 Å². The van der Waals surface area contributed by atoms with Crippen molar-refractivity contribution in [3.05, 3.63) is 40.1 Å². The molecule has 2 heterocycles. The Kier molecular flexibility index (Phi) is 4.98. The molecular weight excluding hydrogens is 348 g/mol. The summed E-state index contributed by atoms with van der Waals surface area (Å²) < 4.78 is 3.36. The van der Waals surface area contributed by atoms with Crippen molar-refractivity contribution < 1.29 is 0 Å². The van der Waals surface area contributed by atoms with E-state index in [9.17, 15) is 0 Å². The highest BCUT2D eigenvalue weighted by Crippen LogP contribution is 2.35. The van der Waals surface area contributed by atoms with Crippen molar-refractivity contribution in [2.24, 2.45) is 5.73 Å². The predicted molar refractivity (Wildman–Crippen MR) is 89.4 cm³/mol. The number of benzene rings is 1. The molecule has 0 saturated carbocycles. The Morgan fingerprint density at radius 3 is 3.00 bits per heavy atom. The Morgan fingerprint density at radius 1 is 1.29 bits per heavy atom. The van der Waals surface area contributed by atoms with E-state index in [1.807, 2.05) is 12.1 Å². The number of nitrogens with zero attached hydrogens (tertiary/aromatic N) is 3. The SMILES string of the molecule is NCC(Sc1nnc2n1CCCCC2)c1cccc(Br)c1. The zero-order valence-electron chi connectivity index (χ0n) is 11.8. The number of rotatable bonds is 4. The van der Waals surface area contributed by atoms with Gasteiger partial charge in [-0.3, -0.25) is 0 Å². The number of aryl methyl sites for hydroxylation is 1. The van der Waals surface area contributed by atoms with E-state index < -0.39 is 0 Å². The summed E-state index contributed by atoms with van der Waals surface area (Å²) in [4.78, 5) is 0. The third kappa shape index (κ3) is 3.49. The van der Waals surface area contributed by atoms with E-state index in [0.717, 1.165) is 28.4 Å². The first-order chi connectivity index (χ1) is 10.3.